The van der Waals surface area contributed by atoms with Crippen LogP contribution in [0.15, 0.2) is 79.2 Å². The first kappa shape index (κ1) is 20.0. The first-order valence-electron chi connectivity index (χ1n) is 14.1. The van der Waals surface area contributed by atoms with Gasteiger partial charge >= 0.3 is 0 Å². The van der Waals surface area contributed by atoms with Crippen LogP contribution in [0.25, 0.3) is 11.3 Å². The highest BCUT2D eigenvalue weighted by molar-refractivity contribution is 6.04. The van der Waals surface area contributed by atoms with Crippen LogP contribution in [0.3, 0.4) is 0 Å². The Morgan fingerprint density at radius 1 is 1.08 bits per heavy atom. The van der Waals surface area contributed by atoms with E-state index in [0.29, 0.717) is 16.9 Å². The number of rotatable bonds is 7. The lowest BCUT2D eigenvalue weighted by Crippen LogP contribution is -2.43. The molecule has 1 saturated heterocycles. The lowest BCUT2D eigenvalue weighted by atomic mass is 10.1. The minimum atomic E-state index is -0.424. The highest BCUT2D eigenvalue weighted by Gasteiger charge is 2.14. The van der Waals surface area contributed by atoms with Crippen molar-refractivity contribution in [3.63, 3.8) is 0 Å². The molecule has 1 fully saturated rings. The fourth-order valence-corrected chi connectivity index (χ4v) is 4.09. The average Bonchev–Trinajstić information content (AvgIpc) is 2.95. The predicted octanol–water partition coefficient (Wildman–Crippen LogP) is 4.59. The van der Waals surface area contributed by atoms with Crippen LogP contribution in [0.4, 0.5) is 17.3 Å². The van der Waals surface area contributed by atoms with Crippen LogP contribution in [0.5, 0.6) is 0 Å². The predicted molar refractivity (Wildman–Crippen MR) is 147 cm³/mol. The molecule has 0 radical (unpaired) electrons. The maximum Gasteiger partial charge on any atom is 0.255 e. The lowest BCUT2D eigenvalue weighted by Gasteiger charge is -2.32. The van der Waals surface area contributed by atoms with Crippen molar-refractivity contribution in [2.24, 2.45) is 0 Å². The van der Waals surface area contributed by atoms with Crippen molar-refractivity contribution in [2.75, 3.05) is 43.9 Å². The summed E-state index contributed by atoms with van der Waals surface area (Å²) in [6.07, 6.45) is 0.761. The van der Waals surface area contributed by atoms with Crippen LogP contribution in [0.1, 0.15) is 27.0 Å². The molecular weight excluding hydrogens is 462 g/mol. The van der Waals surface area contributed by atoms with Gasteiger partial charge in [0.1, 0.15) is 0 Å². The zero-order chi connectivity index (χ0) is 29.1. The fourth-order valence-electron chi connectivity index (χ4n) is 4.09. The van der Waals surface area contributed by atoms with Crippen LogP contribution in [-0.4, -0.2) is 63.9 Å². The molecule has 0 bridgehead atoms. The smallest absolute Gasteiger partial charge is 0.255 e. The van der Waals surface area contributed by atoms with Gasteiger partial charge in [0.2, 0.25) is 5.95 Å². The molecule has 0 aliphatic carbocycles. The number of nitrogens with one attached hydrogen (secondary N) is 2. The van der Waals surface area contributed by atoms with Gasteiger partial charge in [0.15, 0.2) is 0 Å². The molecule has 5 rings (SSSR count). The maximum absolute atomic E-state index is 13.0. The largest absolute Gasteiger partial charge is 0.324 e. The number of carbonyl (C=O) groups excluding carboxylic acids is 1. The molecule has 0 atom stereocenters. The molecule has 8 nitrogen and oxygen atoms in total. The van der Waals surface area contributed by atoms with E-state index in [-0.39, 0.29) is 41.4 Å². The number of carbonyl (C=O) groups is 1. The number of amides is 1. The summed E-state index contributed by atoms with van der Waals surface area (Å²) in [5.74, 6) is -0.00279. The van der Waals surface area contributed by atoms with E-state index in [4.69, 9.17) is 5.48 Å². The van der Waals surface area contributed by atoms with Gasteiger partial charge in [-0.3, -0.25) is 14.7 Å². The van der Waals surface area contributed by atoms with Crippen molar-refractivity contribution < 1.29 is 10.3 Å². The molecule has 4 aromatic rings. The Kier molecular flexibility index (Phi) is 6.09. The molecular formula is C29H31N7O. The summed E-state index contributed by atoms with van der Waals surface area (Å²) in [5.41, 5.74) is 4.20. The van der Waals surface area contributed by atoms with E-state index in [0.717, 1.165) is 38.3 Å². The zero-order valence-corrected chi connectivity index (χ0v) is 20.9. The molecule has 3 heterocycles. The third kappa shape index (κ3) is 6.35. The second-order valence-corrected chi connectivity index (χ2v) is 9.11. The number of piperazine rings is 1. The van der Waals surface area contributed by atoms with Crippen molar-refractivity contribution in [2.45, 2.75) is 13.5 Å². The average molecular weight is 498 g/mol. The standard InChI is InChI=1S/C29H31N7O/c1-21-5-10-25(18-27(21)34-29-31-13-11-26(33-29)24-4-3-12-30-19-24)32-28(37)23-8-6-22(7-9-23)20-36-16-14-35(2)15-17-36/h3-13,18-19H,14-17,20H2,1-2H3,(H,32,37)(H,31,33,34)/i3D,4D,12D,19D. The number of pyridine rings is 1. The molecule has 8 heteroatoms. The molecule has 1 aliphatic rings. The van der Waals surface area contributed by atoms with Crippen molar-refractivity contribution in [1.82, 2.24) is 24.8 Å². The van der Waals surface area contributed by atoms with Gasteiger partial charge in [-0.1, -0.05) is 18.2 Å². The molecule has 1 aliphatic heterocycles. The molecule has 188 valence electrons. The summed E-state index contributed by atoms with van der Waals surface area (Å²) in [5, 5.41) is 6.09. The van der Waals surface area contributed by atoms with Gasteiger partial charge in [-0.15, -0.1) is 0 Å². The number of nitrogens with zero attached hydrogens (tertiary/aromatic N) is 5. The Bertz CT molecular complexity index is 1570. The van der Waals surface area contributed by atoms with Gasteiger partial charge < -0.3 is 15.5 Å². The number of hydrogen-bond donors (Lipinski definition) is 2. The Balaban J connectivity index is 1.28. The summed E-state index contributed by atoms with van der Waals surface area (Å²) in [6.45, 7) is 6.98. The van der Waals surface area contributed by atoms with Gasteiger partial charge in [0.05, 0.1) is 11.2 Å². The molecule has 2 N–H and O–H groups in total. The number of aryl methyl sites for hydroxylation is 1. The minimum Gasteiger partial charge on any atom is -0.324 e. The van der Waals surface area contributed by atoms with E-state index in [9.17, 15) is 4.79 Å². The first-order chi connectivity index (χ1) is 19.7. The molecule has 37 heavy (non-hydrogen) atoms. The third-order valence-corrected chi connectivity index (χ3v) is 6.34. The van der Waals surface area contributed by atoms with E-state index in [1.165, 1.54) is 17.8 Å². The summed E-state index contributed by atoms with van der Waals surface area (Å²) in [7, 11) is 2.14. The summed E-state index contributed by atoms with van der Waals surface area (Å²) in [4.78, 5) is 30.1. The van der Waals surface area contributed by atoms with Crippen LogP contribution < -0.4 is 10.6 Å². The summed E-state index contributed by atoms with van der Waals surface area (Å²) < 4.78 is 31.8. The number of anilines is 3. The van der Waals surface area contributed by atoms with E-state index in [1.54, 1.807) is 6.07 Å². The second kappa shape index (κ2) is 11.3. The highest BCUT2D eigenvalue weighted by Crippen LogP contribution is 2.24. The second-order valence-electron chi connectivity index (χ2n) is 9.11. The third-order valence-electron chi connectivity index (χ3n) is 6.34. The summed E-state index contributed by atoms with van der Waals surface area (Å²) in [6, 6.07) is 14.0. The monoisotopic (exact) mass is 497 g/mol. The van der Waals surface area contributed by atoms with Crippen molar-refractivity contribution >= 4 is 23.2 Å². The first-order valence-corrected chi connectivity index (χ1v) is 12.1. The topological polar surface area (TPSA) is 86.3 Å². The minimum absolute atomic E-state index is 0.0590. The van der Waals surface area contributed by atoms with Crippen molar-refractivity contribution in [3.05, 3.63) is 95.8 Å². The van der Waals surface area contributed by atoms with Gasteiger partial charge in [-0.05, 0) is 67.5 Å². The molecule has 1 amide bonds. The van der Waals surface area contributed by atoms with E-state index in [2.05, 4.69) is 42.4 Å². The van der Waals surface area contributed by atoms with Crippen LogP contribution in [-0.2, 0) is 6.54 Å². The van der Waals surface area contributed by atoms with E-state index in [1.807, 2.05) is 43.3 Å². The van der Waals surface area contributed by atoms with E-state index >= 15 is 0 Å². The molecule has 2 aromatic heterocycles. The number of benzene rings is 2. The molecule has 0 unspecified atom stereocenters. The van der Waals surface area contributed by atoms with Gasteiger partial charge in [0.25, 0.3) is 5.91 Å². The molecule has 2 aromatic carbocycles. The van der Waals surface area contributed by atoms with Gasteiger partial charge in [-0.25, -0.2) is 9.97 Å². The van der Waals surface area contributed by atoms with Crippen LogP contribution in [0, 0.1) is 6.92 Å². The van der Waals surface area contributed by atoms with Gasteiger partial charge in [0, 0.05) is 73.8 Å². The van der Waals surface area contributed by atoms with Crippen LogP contribution in [0.2, 0.25) is 0 Å². The van der Waals surface area contributed by atoms with E-state index < -0.39 is 6.17 Å². The Morgan fingerprint density at radius 3 is 2.70 bits per heavy atom. The van der Waals surface area contributed by atoms with Crippen molar-refractivity contribution in [1.29, 1.82) is 0 Å². The van der Waals surface area contributed by atoms with Crippen molar-refractivity contribution in [3.8, 4) is 11.3 Å². The quantitative estimate of drug-likeness (QED) is 0.386. The fraction of sp³-hybridized carbons (Fsp3) is 0.241. The van der Waals surface area contributed by atoms with Gasteiger partial charge in [-0.2, -0.15) is 0 Å². The Morgan fingerprint density at radius 2 is 1.89 bits per heavy atom. The zero-order valence-electron chi connectivity index (χ0n) is 24.9. The number of hydrogen-bond acceptors (Lipinski definition) is 7. The lowest BCUT2D eigenvalue weighted by molar-refractivity contribution is 0.102. The molecule has 0 saturated carbocycles. The van der Waals surface area contributed by atoms with Crippen LogP contribution >= 0.6 is 0 Å². The Labute approximate surface area is 223 Å². The molecule has 0 spiro atoms. The summed E-state index contributed by atoms with van der Waals surface area (Å²) >= 11 is 0. The maximum atomic E-state index is 13.0. The highest BCUT2D eigenvalue weighted by atomic mass is 16.1. The number of aromatic nitrogens is 3. The normalized spacial score (nSPS) is 15.8. The number of likely N-dealkylation sites (N-methyl/N-ethyl adjacent to an activating group) is 1. The Hall–Kier alpha value is -4.14. The SMILES string of the molecule is [2H]c1nc([2H])c(-c2ccnc(Nc3cc(NC(=O)c4ccc(CN5CCN(C)CC5)cc4)ccc3C)n2)c([2H])c1[2H].